The molecule has 0 N–H and O–H groups in total. The summed E-state index contributed by atoms with van der Waals surface area (Å²) in [4.78, 5) is 0. The van der Waals surface area contributed by atoms with E-state index in [9.17, 15) is 0 Å². The number of ether oxygens (including phenoxy) is 7. The fraction of sp³-hybridized carbons (Fsp3) is 0.700. The highest BCUT2D eigenvalue weighted by atomic mass is 16.6. The molecule has 0 atom stereocenters. The van der Waals surface area contributed by atoms with E-state index in [0.717, 1.165) is 0 Å². The molecule has 0 unspecified atom stereocenters. The van der Waals surface area contributed by atoms with Gasteiger partial charge in [0.15, 0.2) is 0 Å². The van der Waals surface area contributed by atoms with E-state index in [2.05, 4.69) is 0 Å². The molecular formula is C20H34O7. The molecule has 0 saturated heterocycles. The van der Waals surface area contributed by atoms with Crippen LogP contribution in [0.5, 0.6) is 0 Å². The van der Waals surface area contributed by atoms with Crippen LogP contribution in [0.2, 0.25) is 0 Å². The molecule has 0 saturated carbocycles. The molecule has 0 fully saturated rings. The van der Waals surface area contributed by atoms with Crippen molar-refractivity contribution in [2.24, 2.45) is 0 Å². The minimum atomic E-state index is 0.549. The van der Waals surface area contributed by atoms with Crippen molar-refractivity contribution in [3.8, 4) is 0 Å². The number of rotatable bonds is 20. The van der Waals surface area contributed by atoms with Crippen LogP contribution in [0.1, 0.15) is 5.56 Å². The molecule has 0 heterocycles. The molecule has 0 aliphatic carbocycles. The molecule has 27 heavy (non-hydrogen) atoms. The van der Waals surface area contributed by atoms with Gasteiger partial charge in [0.2, 0.25) is 0 Å². The van der Waals surface area contributed by atoms with Crippen molar-refractivity contribution in [3.63, 3.8) is 0 Å². The molecule has 0 aromatic heterocycles. The van der Waals surface area contributed by atoms with Gasteiger partial charge in [0.25, 0.3) is 0 Å². The smallest absolute Gasteiger partial charge is 0.0718 e. The Labute approximate surface area is 162 Å². The normalized spacial score (nSPS) is 11.1. The third-order valence-electron chi connectivity index (χ3n) is 3.40. The summed E-state index contributed by atoms with van der Waals surface area (Å²) in [6, 6.07) is 10.1. The zero-order valence-corrected chi connectivity index (χ0v) is 16.4. The van der Waals surface area contributed by atoms with Crippen molar-refractivity contribution in [1.82, 2.24) is 0 Å². The first kappa shape index (κ1) is 24.0. The second-order valence-corrected chi connectivity index (χ2v) is 5.59. The average Bonchev–Trinajstić information content (AvgIpc) is 2.70. The van der Waals surface area contributed by atoms with E-state index in [4.69, 9.17) is 33.2 Å². The Bertz CT molecular complexity index is 403. The van der Waals surface area contributed by atoms with E-state index in [1.54, 1.807) is 7.11 Å². The van der Waals surface area contributed by atoms with Crippen LogP contribution in [0.3, 0.4) is 0 Å². The molecule has 7 heteroatoms. The van der Waals surface area contributed by atoms with Crippen LogP contribution in [0.15, 0.2) is 30.3 Å². The maximum absolute atomic E-state index is 5.53. The molecule has 1 aromatic carbocycles. The third-order valence-corrected chi connectivity index (χ3v) is 3.40. The third kappa shape index (κ3) is 16.8. The molecule has 0 amide bonds. The van der Waals surface area contributed by atoms with E-state index >= 15 is 0 Å². The van der Waals surface area contributed by atoms with Gasteiger partial charge in [-0.1, -0.05) is 30.3 Å². The van der Waals surface area contributed by atoms with Gasteiger partial charge in [-0.3, -0.25) is 0 Å². The summed E-state index contributed by atoms with van der Waals surface area (Å²) >= 11 is 0. The number of benzene rings is 1. The summed E-state index contributed by atoms with van der Waals surface area (Å²) in [6.07, 6.45) is 0. The summed E-state index contributed by atoms with van der Waals surface area (Å²) in [5.74, 6) is 0. The molecule has 156 valence electrons. The van der Waals surface area contributed by atoms with Crippen molar-refractivity contribution in [2.45, 2.75) is 6.61 Å². The lowest BCUT2D eigenvalue weighted by atomic mass is 10.2. The minimum absolute atomic E-state index is 0.549. The first-order valence-corrected chi connectivity index (χ1v) is 9.43. The predicted octanol–water partition coefficient (Wildman–Crippen LogP) is 1.93. The Morgan fingerprint density at radius 1 is 0.481 bits per heavy atom. The zero-order valence-electron chi connectivity index (χ0n) is 16.4. The van der Waals surface area contributed by atoms with Crippen molar-refractivity contribution in [2.75, 3.05) is 86.4 Å². The number of methoxy groups -OCH3 is 1. The molecular weight excluding hydrogens is 352 g/mol. The summed E-state index contributed by atoms with van der Waals surface area (Å²) < 4.78 is 37.3. The molecule has 7 nitrogen and oxygen atoms in total. The Morgan fingerprint density at radius 3 is 1.26 bits per heavy atom. The second kappa shape index (κ2) is 19.7. The topological polar surface area (TPSA) is 64.6 Å². The lowest BCUT2D eigenvalue weighted by Gasteiger charge is -2.08. The highest BCUT2D eigenvalue weighted by Crippen LogP contribution is 1.99. The van der Waals surface area contributed by atoms with Gasteiger partial charge < -0.3 is 33.2 Å². The van der Waals surface area contributed by atoms with Gasteiger partial charge in [0, 0.05) is 7.11 Å². The van der Waals surface area contributed by atoms with E-state index in [0.29, 0.717) is 85.9 Å². The number of hydrogen-bond acceptors (Lipinski definition) is 7. The predicted molar refractivity (Wildman–Crippen MR) is 102 cm³/mol. The molecule has 0 bridgehead atoms. The highest BCUT2D eigenvalue weighted by molar-refractivity contribution is 5.13. The van der Waals surface area contributed by atoms with E-state index in [-0.39, 0.29) is 0 Å². The van der Waals surface area contributed by atoms with Gasteiger partial charge in [0.1, 0.15) is 0 Å². The molecule has 0 radical (unpaired) electrons. The van der Waals surface area contributed by atoms with Crippen LogP contribution in [0.4, 0.5) is 0 Å². The SMILES string of the molecule is COCCOCCOCCOCCOCCOCCOCc1ccccc1. The van der Waals surface area contributed by atoms with Crippen LogP contribution in [-0.4, -0.2) is 86.4 Å². The Morgan fingerprint density at radius 2 is 0.852 bits per heavy atom. The molecule has 0 aliphatic rings. The second-order valence-electron chi connectivity index (χ2n) is 5.59. The van der Waals surface area contributed by atoms with Crippen molar-refractivity contribution >= 4 is 0 Å². The van der Waals surface area contributed by atoms with Crippen LogP contribution in [-0.2, 0) is 39.8 Å². The van der Waals surface area contributed by atoms with Crippen molar-refractivity contribution in [3.05, 3.63) is 35.9 Å². The molecule has 1 rings (SSSR count). The summed E-state index contributed by atoms with van der Waals surface area (Å²) in [7, 11) is 1.65. The Kier molecular flexibility index (Phi) is 17.5. The zero-order chi connectivity index (χ0) is 19.3. The lowest BCUT2D eigenvalue weighted by molar-refractivity contribution is -0.0198. The monoisotopic (exact) mass is 386 g/mol. The largest absolute Gasteiger partial charge is 0.382 e. The first-order valence-electron chi connectivity index (χ1n) is 9.43. The van der Waals surface area contributed by atoms with Crippen LogP contribution < -0.4 is 0 Å². The van der Waals surface area contributed by atoms with Crippen molar-refractivity contribution in [1.29, 1.82) is 0 Å². The average molecular weight is 386 g/mol. The molecule has 0 spiro atoms. The van der Waals surface area contributed by atoms with E-state index < -0.39 is 0 Å². The minimum Gasteiger partial charge on any atom is -0.382 e. The van der Waals surface area contributed by atoms with E-state index in [1.165, 1.54) is 5.56 Å². The van der Waals surface area contributed by atoms with Gasteiger partial charge in [-0.25, -0.2) is 0 Å². The molecule has 0 aliphatic heterocycles. The lowest BCUT2D eigenvalue weighted by Crippen LogP contribution is -2.14. The quantitative estimate of drug-likeness (QED) is 0.317. The van der Waals surface area contributed by atoms with Gasteiger partial charge >= 0.3 is 0 Å². The standard InChI is InChI=1S/C20H34O7/c1-21-7-8-22-9-10-23-11-12-24-13-14-25-15-16-26-17-18-27-19-20-5-3-2-4-6-20/h2-6H,7-19H2,1H3. The maximum Gasteiger partial charge on any atom is 0.0718 e. The van der Waals surface area contributed by atoms with Crippen LogP contribution >= 0.6 is 0 Å². The maximum atomic E-state index is 5.53. The van der Waals surface area contributed by atoms with Gasteiger partial charge in [-0.05, 0) is 5.56 Å². The number of hydrogen-bond donors (Lipinski definition) is 0. The van der Waals surface area contributed by atoms with Crippen LogP contribution in [0.25, 0.3) is 0 Å². The van der Waals surface area contributed by atoms with Gasteiger partial charge in [-0.15, -0.1) is 0 Å². The highest BCUT2D eigenvalue weighted by Gasteiger charge is 1.95. The summed E-state index contributed by atoms with van der Waals surface area (Å²) in [6.45, 7) is 7.42. The van der Waals surface area contributed by atoms with Crippen LogP contribution in [0, 0.1) is 0 Å². The summed E-state index contributed by atoms with van der Waals surface area (Å²) in [5, 5.41) is 0. The van der Waals surface area contributed by atoms with Gasteiger partial charge in [-0.2, -0.15) is 0 Å². The van der Waals surface area contributed by atoms with Gasteiger partial charge in [0.05, 0.1) is 85.9 Å². The van der Waals surface area contributed by atoms with Crippen molar-refractivity contribution < 1.29 is 33.2 Å². The molecule has 1 aromatic rings. The fourth-order valence-corrected chi connectivity index (χ4v) is 2.01. The Balaban J connectivity index is 1.67. The summed E-state index contributed by atoms with van der Waals surface area (Å²) in [5.41, 5.74) is 1.17. The fourth-order valence-electron chi connectivity index (χ4n) is 2.01. The van der Waals surface area contributed by atoms with E-state index in [1.807, 2.05) is 30.3 Å². The Hall–Kier alpha value is -1.06. The first-order chi connectivity index (χ1) is 13.4.